The van der Waals surface area contributed by atoms with Crippen LogP contribution in [0.3, 0.4) is 0 Å². The second kappa shape index (κ2) is 10.7. The lowest BCUT2D eigenvalue weighted by molar-refractivity contribution is -0.137. The number of nitrogens with one attached hydrogen (secondary N) is 2. The maximum Gasteiger partial charge on any atom is 0.417 e. The number of aromatic nitrogens is 3. The van der Waals surface area contributed by atoms with Crippen molar-refractivity contribution in [3.8, 4) is 17.1 Å². The van der Waals surface area contributed by atoms with E-state index >= 15 is 4.39 Å². The minimum Gasteiger partial charge on any atom is -0.474 e. The van der Waals surface area contributed by atoms with E-state index in [9.17, 15) is 17.6 Å². The molecule has 222 valence electrons. The fourth-order valence-corrected chi connectivity index (χ4v) is 5.37. The summed E-state index contributed by atoms with van der Waals surface area (Å²) < 4.78 is 85.3. The van der Waals surface area contributed by atoms with Gasteiger partial charge < -0.3 is 30.7 Å². The molecule has 0 radical (unpaired) electrons. The van der Waals surface area contributed by atoms with Crippen molar-refractivity contribution in [3.05, 3.63) is 28.8 Å². The van der Waals surface area contributed by atoms with Crippen LogP contribution in [0.2, 0.25) is 0 Å². The van der Waals surface area contributed by atoms with Crippen LogP contribution in [0.4, 0.5) is 39.4 Å². The Hall–Kier alpha value is -3.52. The van der Waals surface area contributed by atoms with E-state index < -0.39 is 57.5 Å². The van der Waals surface area contributed by atoms with Gasteiger partial charge in [-0.05, 0) is 51.8 Å². The van der Waals surface area contributed by atoms with Crippen molar-refractivity contribution in [3.63, 3.8) is 0 Å². The van der Waals surface area contributed by atoms with Crippen LogP contribution in [0, 0.1) is 18.6 Å². The summed E-state index contributed by atoms with van der Waals surface area (Å²) >= 11 is 0. The Morgan fingerprint density at radius 3 is 2.59 bits per heavy atom. The first-order chi connectivity index (χ1) is 19.4. The summed E-state index contributed by atoms with van der Waals surface area (Å²) in [6.07, 6.45) is -4.15. The molecule has 0 bridgehead atoms. The Morgan fingerprint density at radius 1 is 1.17 bits per heavy atom. The molecule has 41 heavy (non-hydrogen) atoms. The molecule has 3 aromatic rings. The second-order valence-corrected chi connectivity index (χ2v) is 10.7. The van der Waals surface area contributed by atoms with Crippen LogP contribution in [0.5, 0.6) is 5.88 Å². The van der Waals surface area contributed by atoms with E-state index in [-0.39, 0.29) is 28.5 Å². The number of nitrogens with zero attached hydrogens (tertiary/aromatic N) is 4. The minimum atomic E-state index is -5.03. The number of methoxy groups -OCH3 is 1. The van der Waals surface area contributed by atoms with Crippen LogP contribution in [-0.4, -0.2) is 66.5 Å². The van der Waals surface area contributed by atoms with Gasteiger partial charge in [-0.2, -0.15) is 18.2 Å². The van der Waals surface area contributed by atoms with E-state index in [0.717, 1.165) is 19.4 Å². The predicted octanol–water partition coefficient (Wildman–Crippen LogP) is 4.67. The summed E-state index contributed by atoms with van der Waals surface area (Å²) in [6.45, 7) is 7.20. The number of nitrogens with two attached hydrogens (primary N) is 1. The van der Waals surface area contributed by atoms with Crippen LogP contribution >= 0.6 is 0 Å². The number of anilines is 3. The third kappa shape index (κ3) is 5.18. The Labute approximate surface area is 233 Å². The molecule has 0 aliphatic carbocycles. The maximum atomic E-state index is 16.5. The van der Waals surface area contributed by atoms with Crippen LogP contribution in [0.15, 0.2) is 6.07 Å². The zero-order chi connectivity index (χ0) is 29.7. The summed E-state index contributed by atoms with van der Waals surface area (Å²) in [5.41, 5.74) is 0.869. The highest BCUT2D eigenvalue weighted by Crippen LogP contribution is 2.45. The number of alkyl halides is 3. The zero-order valence-electron chi connectivity index (χ0n) is 23.2. The molecule has 0 spiro atoms. The topological polar surface area (TPSA) is 110 Å². The van der Waals surface area contributed by atoms with Crippen LogP contribution in [0.1, 0.15) is 37.8 Å². The van der Waals surface area contributed by atoms with Crippen molar-refractivity contribution in [2.75, 3.05) is 55.8 Å². The van der Waals surface area contributed by atoms with Crippen LogP contribution in [-0.2, 0) is 10.9 Å². The smallest absolute Gasteiger partial charge is 0.417 e. The molecule has 9 nitrogen and oxygen atoms in total. The first-order valence-electron chi connectivity index (χ1n) is 13.3. The number of pyridine rings is 1. The number of hydrogen-bond donors (Lipinski definition) is 3. The molecular formula is C27H32F5N7O2. The average molecular weight is 582 g/mol. The molecule has 0 unspecified atom stereocenters. The Bertz CT molecular complexity index is 1490. The molecule has 4 heterocycles. The first-order valence-corrected chi connectivity index (χ1v) is 13.3. The van der Waals surface area contributed by atoms with Crippen LogP contribution in [0.25, 0.3) is 22.2 Å². The van der Waals surface area contributed by atoms with Gasteiger partial charge in [0.25, 0.3) is 0 Å². The van der Waals surface area contributed by atoms with Gasteiger partial charge in [0.2, 0.25) is 11.8 Å². The van der Waals surface area contributed by atoms with Gasteiger partial charge in [0.1, 0.15) is 28.2 Å². The van der Waals surface area contributed by atoms with Gasteiger partial charge in [0.15, 0.2) is 5.82 Å². The molecule has 4 N–H and O–H groups in total. The van der Waals surface area contributed by atoms with E-state index in [0.29, 0.717) is 39.2 Å². The highest BCUT2D eigenvalue weighted by molar-refractivity contribution is 5.97. The van der Waals surface area contributed by atoms with E-state index in [4.69, 9.17) is 15.2 Å². The van der Waals surface area contributed by atoms with Crippen molar-refractivity contribution in [1.82, 2.24) is 20.3 Å². The molecule has 0 amide bonds. The number of nitrogen functional groups attached to an aromatic ring is 1. The third-order valence-corrected chi connectivity index (χ3v) is 7.66. The van der Waals surface area contributed by atoms with Crippen LogP contribution < -0.4 is 26.0 Å². The Kier molecular flexibility index (Phi) is 7.57. The van der Waals surface area contributed by atoms with Gasteiger partial charge in [0.05, 0.1) is 29.5 Å². The van der Waals surface area contributed by atoms with Crippen molar-refractivity contribution in [1.29, 1.82) is 0 Å². The molecule has 14 heteroatoms. The number of ether oxygens (including phenoxy) is 2. The van der Waals surface area contributed by atoms with E-state index in [1.807, 2.05) is 11.8 Å². The lowest BCUT2D eigenvalue weighted by Crippen LogP contribution is -2.61. The predicted molar refractivity (Wildman–Crippen MR) is 145 cm³/mol. The molecule has 1 fully saturated rings. The fourth-order valence-electron chi connectivity index (χ4n) is 5.37. The summed E-state index contributed by atoms with van der Waals surface area (Å²) in [4.78, 5) is 15.3. The average Bonchev–Trinajstić information content (AvgIpc) is 2.92. The highest BCUT2D eigenvalue weighted by Gasteiger charge is 2.43. The summed E-state index contributed by atoms with van der Waals surface area (Å²) in [6, 6.07) is 0.750. The monoisotopic (exact) mass is 581 g/mol. The van der Waals surface area contributed by atoms with Gasteiger partial charge in [-0.3, -0.25) is 0 Å². The first kappa shape index (κ1) is 29.0. The lowest BCUT2D eigenvalue weighted by atomic mass is 9.88. The number of halogens is 5. The number of benzene rings is 1. The van der Waals surface area contributed by atoms with Gasteiger partial charge in [-0.25, -0.2) is 18.7 Å². The van der Waals surface area contributed by atoms with E-state index in [2.05, 4.69) is 25.6 Å². The van der Waals surface area contributed by atoms with Gasteiger partial charge in [0, 0.05) is 32.3 Å². The lowest BCUT2D eigenvalue weighted by Gasteiger charge is -2.50. The Morgan fingerprint density at radius 2 is 1.93 bits per heavy atom. The van der Waals surface area contributed by atoms with Gasteiger partial charge in [-0.15, -0.1) is 0 Å². The molecule has 0 saturated carbocycles. The van der Waals surface area contributed by atoms with Crippen molar-refractivity contribution in [2.24, 2.45) is 0 Å². The van der Waals surface area contributed by atoms with Crippen molar-refractivity contribution in [2.45, 2.75) is 51.4 Å². The number of rotatable bonds is 4. The second-order valence-electron chi connectivity index (χ2n) is 10.7. The minimum absolute atomic E-state index is 0.0954. The van der Waals surface area contributed by atoms with Crippen molar-refractivity contribution < 1.29 is 31.4 Å². The highest BCUT2D eigenvalue weighted by atomic mass is 19.4. The molecule has 2 atom stereocenters. The quantitative estimate of drug-likeness (QED) is 0.299. The fraction of sp³-hybridized carbons (Fsp3) is 0.519. The summed E-state index contributed by atoms with van der Waals surface area (Å²) in [5.74, 6) is -2.10. The molecule has 1 aromatic carbocycles. The zero-order valence-corrected chi connectivity index (χ0v) is 23.2. The summed E-state index contributed by atoms with van der Waals surface area (Å²) in [7, 11) is 1.57. The summed E-state index contributed by atoms with van der Waals surface area (Å²) in [5, 5.41) is 6.55. The molecular weight excluding hydrogens is 549 g/mol. The molecule has 2 aliphatic rings. The van der Waals surface area contributed by atoms with Crippen molar-refractivity contribution >= 4 is 28.4 Å². The third-order valence-electron chi connectivity index (χ3n) is 7.66. The van der Waals surface area contributed by atoms with Gasteiger partial charge in [-0.1, -0.05) is 0 Å². The molecule has 2 aliphatic heterocycles. The normalized spacial score (nSPS) is 21.6. The molecule has 2 aromatic heterocycles. The van der Waals surface area contributed by atoms with E-state index in [1.54, 1.807) is 14.0 Å². The largest absolute Gasteiger partial charge is 0.474 e. The van der Waals surface area contributed by atoms with Gasteiger partial charge >= 0.3 is 6.18 Å². The Balaban J connectivity index is 1.83. The molecule has 5 rings (SSSR count). The standard InChI is InChI=1S/C27H32F5N7O2/c1-13-5-7-34-8-9-35-23-17-22(37-25(38-23)39-10-6-26(39,3)12-40-4)20(29)21(36-24(17)41-13)15-11-16(33)19(28)14(2)18(15)27(30,31)32/h11,13,34H,5-10,12,33H2,1-4H3,(H,35,37,38)/t13-,26-/m0/s1. The van der Waals surface area contributed by atoms with E-state index in [1.165, 1.54) is 0 Å². The SMILES string of the molecule is COC[C@]1(C)CCN1c1nc2c3c(nc(-c4cc(N)c(F)c(C)c4C(F)(F)F)c(F)c3n1)O[C@@H](C)CCNCCN2. The molecule has 1 saturated heterocycles. The maximum absolute atomic E-state index is 16.5. The number of hydrogen-bond acceptors (Lipinski definition) is 9.